The topological polar surface area (TPSA) is 32.3 Å². The van der Waals surface area contributed by atoms with E-state index in [9.17, 15) is 13.2 Å². The van der Waals surface area contributed by atoms with E-state index in [0.29, 0.717) is 5.02 Å². The summed E-state index contributed by atoms with van der Waals surface area (Å²) in [7, 11) is 0. The molecule has 0 radical (unpaired) electrons. The first kappa shape index (κ1) is 14.4. The molecule has 1 unspecified atom stereocenters. The van der Waals surface area contributed by atoms with Crippen molar-refractivity contribution >= 4 is 28.9 Å². The van der Waals surface area contributed by atoms with Gasteiger partial charge in [-0.05, 0) is 24.6 Å². The maximum Gasteiger partial charge on any atom is 0.416 e. The van der Waals surface area contributed by atoms with Crippen LogP contribution in [0.1, 0.15) is 5.56 Å². The van der Waals surface area contributed by atoms with Gasteiger partial charge < -0.3 is 10.4 Å². The van der Waals surface area contributed by atoms with Crippen LogP contribution in [0.3, 0.4) is 0 Å². The molecule has 1 aromatic rings. The summed E-state index contributed by atoms with van der Waals surface area (Å²) in [6.07, 6.45) is -7.10. The van der Waals surface area contributed by atoms with Gasteiger partial charge in [0.2, 0.25) is 0 Å². The van der Waals surface area contributed by atoms with E-state index in [0.717, 1.165) is 5.56 Å². The summed E-state index contributed by atoms with van der Waals surface area (Å²) >= 11 is 11.6. The third-order valence-electron chi connectivity index (χ3n) is 2.11. The molecule has 0 saturated heterocycles. The minimum atomic E-state index is -4.66. The molecule has 0 aliphatic heterocycles. The third-order valence-corrected chi connectivity index (χ3v) is 2.83. The largest absolute Gasteiger partial charge is 0.416 e. The first-order chi connectivity index (χ1) is 7.71. The van der Waals surface area contributed by atoms with E-state index in [-0.39, 0.29) is 10.7 Å². The molecule has 0 aliphatic carbocycles. The summed E-state index contributed by atoms with van der Waals surface area (Å²) < 4.78 is 36.1. The number of nitrogens with one attached hydrogen (secondary N) is 1. The highest BCUT2D eigenvalue weighted by atomic mass is 35.5. The van der Waals surface area contributed by atoms with Crippen LogP contribution in [0, 0.1) is 6.92 Å². The number of anilines is 1. The van der Waals surface area contributed by atoms with Crippen LogP contribution in [0.4, 0.5) is 18.9 Å². The standard InChI is InChI=1S/C10H10Cl2F3NO/c1-5-2-7(12)8(3-6(5)11)16-4-9(17)10(13,14)15/h2-3,9,16-17H,4H2,1H3. The zero-order valence-corrected chi connectivity index (χ0v) is 10.3. The average Bonchev–Trinajstić information content (AvgIpc) is 2.19. The molecule has 2 nitrogen and oxygen atoms in total. The van der Waals surface area contributed by atoms with Gasteiger partial charge in [0.1, 0.15) is 0 Å². The minimum absolute atomic E-state index is 0.251. The molecule has 1 atom stereocenters. The summed E-state index contributed by atoms with van der Waals surface area (Å²) in [5.74, 6) is 0. The van der Waals surface area contributed by atoms with Crippen LogP contribution >= 0.6 is 23.2 Å². The Bertz CT molecular complexity index is 409. The fourth-order valence-corrected chi connectivity index (χ4v) is 1.55. The van der Waals surface area contributed by atoms with Gasteiger partial charge in [0, 0.05) is 11.6 Å². The molecular formula is C10H10Cl2F3NO. The van der Waals surface area contributed by atoms with Gasteiger partial charge >= 0.3 is 6.18 Å². The van der Waals surface area contributed by atoms with Crippen molar-refractivity contribution in [2.45, 2.75) is 19.2 Å². The minimum Gasteiger partial charge on any atom is -0.382 e. The molecule has 17 heavy (non-hydrogen) atoms. The predicted molar refractivity (Wildman–Crippen MR) is 61.8 cm³/mol. The van der Waals surface area contributed by atoms with Gasteiger partial charge in [0.15, 0.2) is 6.10 Å². The van der Waals surface area contributed by atoms with Crippen LogP contribution in [0.25, 0.3) is 0 Å². The van der Waals surface area contributed by atoms with E-state index in [1.54, 1.807) is 6.92 Å². The van der Waals surface area contributed by atoms with Crippen molar-refractivity contribution < 1.29 is 18.3 Å². The summed E-state index contributed by atoms with van der Waals surface area (Å²) in [5, 5.41) is 11.8. The third kappa shape index (κ3) is 3.94. The molecule has 0 saturated carbocycles. The van der Waals surface area contributed by atoms with E-state index < -0.39 is 18.8 Å². The Morgan fingerprint density at radius 2 is 1.88 bits per heavy atom. The number of rotatable bonds is 3. The normalized spacial score (nSPS) is 13.6. The highest BCUT2D eigenvalue weighted by molar-refractivity contribution is 6.35. The van der Waals surface area contributed by atoms with Crippen molar-refractivity contribution in [3.63, 3.8) is 0 Å². The number of aliphatic hydroxyl groups excluding tert-OH is 1. The smallest absolute Gasteiger partial charge is 0.382 e. The molecule has 1 rings (SSSR count). The molecule has 0 aromatic heterocycles. The Balaban J connectivity index is 2.73. The quantitative estimate of drug-likeness (QED) is 0.890. The zero-order valence-electron chi connectivity index (χ0n) is 8.78. The van der Waals surface area contributed by atoms with Crippen LogP contribution < -0.4 is 5.32 Å². The number of hydrogen-bond donors (Lipinski definition) is 2. The lowest BCUT2D eigenvalue weighted by atomic mass is 10.2. The van der Waals surface area contributed by atoms with E-state index in [1.165, 1.54) is 12.1 Å². The Hall–Kier alpha value is -0.650. The van der Waals surface area contributed by atoms with Crippen molar-refractivity contribution in [1.29, 1.82) is 0 Å². The maximum atomic E-state index is 12.0. The number of halogens is 5. The number of hydrogen-bond acceptors (Lipinski definition) is 2. The highest BCUT2D eigenvalue weighted by Gasteiger charge is 2.37. The summed E-state index contributed by atoms with van der Waals surface area (Å²) in [5.41, 5.74) is 0.976. The fourth-order valence-electron chi connectivity index (χ4n) is 1.10. The Morgan fingerprint density at radius 1 is 1.29 bits per heavy atom. The van der Waals surface area contributed by atoms with Crippen molar-refractivity contribution in [2.75, 3.05) is 11.9 Å². The van der Waals surface area contributed by atoms with Gasteiger partial charge in [0.05, 0.1) is 10.7 Å². The van der Waals surface area contributed by atoms with Crippen molar-refractivity contribution in [3.8, 4) is 0 Å². The lowest BCUT2D eigenvalue weighted by Gasteiger charge is -2.16. The molecule has 96 valence electrons. The van der Waals surface area contributed by atoms with Gasteiger partial charge in [0.25, 0.3) is 0 Å². The van der Waals surface area contributed by atoms with Gasteiger partial charge in [-0.1, -0.05) is 23.2 Å². The Morgan fingerprint density at radius 3 is 2.41 bits per heavy atom. The lowest BCUT2D eigenvalue weighted by molar-refractivity contribution is -0.198. The molecule has 0 bridgehead atoms. The second-order valence-corrected chi connectivity index (χ2v) is 4.33. The second-order valence-electron chi connectivity index (χ2n) is 3.52. The molecule has 0 aliphatic rings. The van der Waals surface area contributed by atoms with Crippen molar-refractivity contribution in [2.24, 2.45) is 0 Å². The maximum absolute atomic E-state index is 12.0. The van der Waals surface area contributed by atoms with Gasteiger partial charge in [-0.2, -0.15) is 13.2 Å². The van der Waals surface area contributed by atoms with Gasteiger partial charge in [-0.3, -0.25) is 0 Å². The highest BCUT2D eigenvalue weighted by Crippen LogP contribution is 2.29. The van der Waals surface area contributed by atoms with Crippen LogP contribution in [0.5, 0.6) is 0 Å². The number of aryl methyl sites for hydroxylation is 1. The molecule has 1 aromatic carbocycles. The number of alkyl halides is 3. The molecule has 0 fully saturated rings. The Kier molecular flexibility index (Phi) is 4.52. The SMILES string of the molecule is Cc1cc(Cl)c(NCC(O)C(F)(F)F)cc1Cl. The van der Waals surface area contributed by atoms with E-state index in [4.69, 9.17) is 28.3 Å². The molecular weight excluding hydrogens is 278 g/mol. The summed E-state index contributed by atoms with van der Waals surface area (Å²) in [4.78, 5) is 0. The van der Waals surface area contributed by atoms with Crippen molar-refractivity contribution in [1.82, 2.24) is 0 Å². The second kappa shape index (κ2) is 5.33. The van der Waals surface area contributed by atoms with Crippen LogP contribution in [-0.2, 0) is 0 Å². The molecule has 2 N–H and O–H groups in total. The zero-order chi connectivity index (χ0) is 13.2. The number of benzene rings is 1. The monoisotopic (exact) mass is 287 g/mol. The van der Waals surface area contributed by atoms with E-state index in [1.807, 2.05) is 0 Å². The summed E-state index contributed by atoms with van der Waals surface area (Å²) in [6, 6.07) is 2.95. The predicted octanol–water partition coefficient (Wildman–Crippen LogP) is 3.64. The van der Waals surface area contributed by atoms with Crippen LogP contribution in [0.15, 0.2) is 12.1 Å². The fraction of sp³-hybridized carbons (Fsp3) is 0.400. The van der Waals surface area contributed by atoms with E-state index in [2.05, 4.69) is 5.32 Å². The van der Waals surface area contributed by atoms with Crippen LogP contribution in [-0.4, -0.2) is 23.9 Å². The molecule has 7 heteroatoms. The number of aliphatic hydroxyl groups is 1. The molecule has 0 spiro atoms. The van der Waals surface area contributed by atoms with Crippen LogP contribution in [0.2, 0.25) is 10.0 Å². The summed E-state index contributed by atoms with van der Waals surface area (Å²) in [6.45, 7) is 1.05. The molecule has 0 amide bonds. The first-order valence-corrected chi connectivity index (χ1v) is 5.41. The Labute approximate surface area is 106 Å². The van der Waals surface area contributed by atoms with Gasteiger partial charge in [-0.15, -0.1) is 0 Å². The first-order valence-electron chi connectivity index (χ1n) is 4.66. The van der Waals surface area contributed by atoms with Crippen molar-refractivity contribution in [3.05, 3.63) is 27.7 Å². The van der Waals surface area contributed by atoms with Gasteiger partial charge in [-0.25, -0.2) is 0 Å². The van der Waals surface area contributed by atoms with E-state index >= 15 is 0 Å². The molecule has 0 heterocycles. The average molecular weight is 288 g/mol. The lowest BCUT2D eigenvalue weighted by Crippen LogP contribution is -2.35.